The number of aryl methyl sites for hydroxylation is 1. The fourth-order valence-corrected chi connectivity index (χ4v) is 3.84. The Morgan fingerprint density at radius 1 is 1.28 bits per heavy atom. The van der Waals surface area contributed by atoms with Crippen molar-refractivity contribution in [2.75, 3.05) is 11.1 Å². The number of amides is 1. The second-order valence-corrected chi connectivity index (χ2v) is 7.91. The normalized spacial score (nSPS) is 16.1. The molecular weight excluding hydrogens is 408 g/mol. The summed E-state index contributed by atoms with van der Waals surface area (Å²) in [7, 11) is 0. The quantitative estimate of drug-likeness (QED) is 0.509. The Morgan fingerprint density at radius 3 is 2.93 bits per heavy atom. The van der Waals surface area contributed by atoms with Gasteiger partial charge in [-0.25, -0.2) is 9.98 Å². The minimum absolute atomic E-state index is 0.163. The molecule has 0 radical (unpaired) electrons. The first-order chi connectivity index (χ1) is 14.0. The van der Waals surface area contributed by atoms with Crippen molar-refractivity contribution in [3.05, 3.63) is 64.8 Å². The highest BCUT2D eigenvalue weighted by Gasteiger charge is 2.20. The molecule has 3 aromatic rings. The maximum atomic E-state index is 12.3. The predicted octanol–water partition coefficient (Wildman–Crippen LogP) is 3.77. The van der Waals surface area contributed by atoms with E-state index in [0.29, 0.717) is 15.9 Å². The Balaban J connectivity index is 1.44. The third-order valence-corrected chi connectivity index (χ3v) is 5.73. The number of hydrogen-bond acceptors (Lipinski definition) is 6. The molecule has 0 saturated heterocycles. The number of anilines is 1. The van der Waals surface area contributed by atoms with Crippen LogP contribution in [0.5, 0.6) is 0 Å². The Hall–Kier alpha value is -2.97. The van der Waals surface area contributed by atoms with Crippen LogP contribution in [0.3, 0.4) is 0 Å². The molecule has 2 heterocycles. The molecule has 7 nitrogen and oxygen atoms in total. The van der Waals surface area contributed by atoms with Crippen LogP contribution in [0.1, 0.15) is 17.3 Å². The van der Waals surface area contributed by atoms with E-state index in [2.05, 4.69) is 25.6 Å². The summed E-state index contributed by atoms with van der Waals surface area (Å²) >= 11 is 7.37. The van der Waals surface area contributed by atoms with Crippen molar-refractivity contribution in [1.29, 1.82) is 0 Å². The number of nitrogens with zero attached hydrogens (tertiary/aromatic N) is 2. The summed E-state index contributed by atoms with van der Waals surface area (Å²) in [6.45, 7) is 1.91. The molecule has 2 aromatic carbocycles. The molecule has 1 aromatic heterocycles. The van der Waals surface area contributed by atoms with Gasteiger partial charge in [-0.15, -0.1) is 0 Å². The summed E-state index contributed by atoms with van der Waals surface area (Å²) in [5.74, 6) is 0.276. The smallest absolute Gasteiger partial charge is 0.234 e. The van der Waals surface area contributed by atoms with Gasteiger partial charge in [0.15, 0.2) is 17.3 Å². The number of aromatic nitrogens is 1. The van der Waals surface area contributed by atoms with Crippen LogP contribution < -0.4 is 16.4 Å². The summed E-state index contributed by atoms with van der Waals surface area (Å²) in [4.78, 5) is 24.5. The number of benzene rings is 2. The molecular formula is C20H19ClN6OS. The summed E-state index contributed by atoms with van der Waals surface area (Å²) < 4.78 is 0. The molecule has 0 spiro atoms. The second kappa shape index (κ2) is 8.18. The highest BCUT2D eigenvalue weighted by molar-refractivity contribution is 8.14. The molecule has 1 atom stereocenters. The summed E-state index contributed by atoms with van der Waals surface area (Å²) in [6.07, 6.45) is 1.42. The topological polar surface area (TPSA) is 108 Å². The number of nitrogens with one attached hydrogen (secondary N) is 3. The number of aliphatic imine (C=N–C) groups is 2. The van der Waals surface area contributed by atoms with E-state index in [1.807, 2.05) is 49.5 Å². The monoisotopic (exact) mass is 426 g/mol. The number of carbonyl (C=O) groups excluding carboxylic acids is 1. The first-order valence-corrected chi connectivity index (χ1v) is 10.3. The van der Waals surface area contributed by atoms with Gasteiger partial charge in [0.05, 0.1) is 5.75 Å². The van der Waals surface area contributed by atoms with E-state index in [0.717, 1.165) is 22.0 Å². The van der Waals surface area contributed by atoms with E-state index in [1.54, 1.807) is 6.07 Å². The van der Waals surface area contributed by atoms with Crippen molar-refractivity contribution in [3.8, 4) is 0 Å². The second-order valence-electron chi connectivity index (χ2n) is 6.54. The molecule has 1 aliphatic heterocycles. The van der Waals surface area contributed by atoms with Crippen molar-refractivity contribution in [2.45, 2.75) is 13.1 Å². The minimum Gasteiger partial charge on any atom is -0.370 e. The number of thioether (sulfide) groups is 1. The lowest BCUT2D eigenvalue weighted by atomic mass is 10.1. The molecule has 5 N–H and O–H groups in total. The lowest BCUT2D eigenvalue weighted by molar-refractivity contribution is -0.113. The lowest BCUT2D eigenvalue weighted by Gasteiger charge is -2.18. The molecule has 1 amide bonds. The number of halogens is 1. The first-order valence-electron chi connectivity index (χ1n) is 8.92. The number of hydrogen-bond donors (Lipinski definition) is 4. The van der Waals surface area contributed by atoms with Crippen molar-refractivity contribution >= 4 is 57.0 Å². The Kier molecular flexibility index (Phi) is 5.46. The van der Waals surface area contributed by atoms with Crippen molar-refractivity contribution in [1.82, 2.24) is 10.3 Å². The van der Waals surface area contributed by atoms with E-state index in [9.17, 15) is 4.79 Å². The van der Waals surface area contributed by atoms with Crippen LogP contribution in [0.4, 0.5) is 5.69 Å². The largest absolute Gasteiger partial charge is 0.370 e. The third-order valence-electron chi connectivity index (χ3n) is 4.43. The van der Waals surface area contributed by atoms with Crippen molar-refractivity contribution in [2.24, 2.45) is 15.7 Å². The molecule has 0 aliphatic carbocycles. The van der Waals surface area contributed by atoms with Gasteiger partial charge < -0.3 is 21.4 Å². The molecule has 0 saturated carbocycles. The molecule has 1 aliphatic rings. The average molecular weight is 427 g/mol. The Morgan fingerprint density at radius 2 is 2.10 bits per heavy atom. The number of rotatable bonds is 4. The van der Waals surface area contributed by atoms with Gasteiger partial charge in [-0.3, -0.25) is 4.79 Å². The Labute approximate surface area is 176 Å². The van der Waals surface area contributed by atoms with Crippen LogP contribution in [0.2, 0.25) is 5.02 Å². The standard InChI is InChI=1S/C20H19ClN6OS/c1-11-6-7-12(8-15(11)21)24-17(28)10-29-20-26-18(25-19(22)27-20)14-9-23-16-5-3-2-4-13(14)16/h2-9,18,23H,10H2,1H3,(H,24,28)(H3,22,25,26,27). The highest BCUT2D eigenvalue weighted by atomic mass is 35.5. The predicted molar refractivity (Wildman–Crippen MR) is 121 cm³/mol. The number of para-hydroxylation sites is 1. The summed E-state index contributed by atoms with van der Waals surface area (Å²) in [5, 5.41) is 7.95. The fourth-order valence-electron chi connectivity index (χ4n) is 2.97. The molecule has 148 valence electrons. The SMILES string of the molecule is Cc1ccc(NC(=O)CSC2=NC(c3c[nH]c4ccccc34)N=C(N)N2)cc1Cl. The summed E-state index contributed by atoms with van der Waals surface area (Å²) in [5.41, 5.74) is 9.50. The molecule has 29 heavy (non-hydrogen) atoms. The number of carbonyl (C=O) groups is 1. The fraction of sp³-hybridized carbons (Fsp3) is 0.150. The number of guanidine groups is 1. The molecule has 4 rings (SSSR count). The van der Waals surface area contributed by atoms with E-state index >= 15 is 0 Å². The van der Waals surface area contributed by atoms with Crippen LogP contribution >= 0.6 is 23.4 Å². The van der Waals surface area contributed by atoms with Crippen LogP contribution in [-0.2, 0) is 4.79 Å². The highest BCUT2D eigenvalue weighted by Crippen LogP contribution is 2.29. The number of amidine groups is 1. The van der Waals surface area contributed by atoms with Gasteiger partial charge >= 0.3 is 0 Å². The molecule has 0 bridgehead atoms. The van der Waals surface area contributed by atoms with Gasteiger partial charge in [0, 0.05) is 33.4 Å². The van der Waals surface area contributed by atoms with Crippen LogP contribution in [0, 0.1) is 6.92 Å². The Bertz CT molecular complexity index is 1140. The first kappa shape index (κ1) is 19.4. The number of aromatic amines is 1. The van der Waals surface area contributed by atoms with Crippen LogP contribution in [0.15, 0.2) is 58.6 Å². The molecule has 0 fully saturated rings. The number of fused-ring (bicyclic) bond motifs is 1. The maximum Gasteiger partial charge on any atom is 0.234 e. The van der Waals surface area contributed by atoms with Crippen LogP contribution in [-0.4, -0.2) is 27.8 Å². The van der Waals surface area contributed by atoms with E-state index in [-0.39, 0.29) is 17.6 Å². The van der Waals surface area contributed by atoms with E-state index in [1.165, 1.54) is 11.8 Å². The average Bonchev–Trinajstić information content (AvgIpc) is 3.13. The van der Waals surface area contributed by atoms with Gasteiger partial charge in [-0.05, 0) is 30.7 Å². The van der Waals surface area contributed by atoms with Gasteiger partial charge in [0.25, 0.3) is 0 Å². The van der Waals surface area contributed by atoms with Gasteiger partial charge in [0.2, 0.25) is 5.91 Å². The lowest BCUT2D eigenvalue weighted by Crippen LogP contribution is -2.39. The zero-order chi connectivity index (χ0) is 20.4. The maximum absolute atomic E-state index is 12.3. The minimum atomic E-state index is -0.464. The van der Waals surface area contributed by atoms with Gasteiger partial charge in [-0.1, -0.05) is 47.6 Å². The van der Waals surface area contributed by atoms with E-state index in [4.69, 9.17) is 17.3 Å². The zero-order valence-corrected chi connectivity index (χ0v) is 17.1. The molecule has 1 unspecified atom stereocenters. The van der Waals surface area contributed by atoms with Crippen molar-refractivity contribution in [3.63, 3.8) is 0 Å². The zero-order valence-electron chi connectivity index (χ0n) is 15.6. The number of nitrogens with two attached hydrogens (primary N) is 1. The van der Waals surface area contributed by atoms with Gasteiger partial charge in [0.1, 0.15) is 0 Å². The third kappa shape index (κ3) is 4.38. The van der Waals surface area contributed by atoms with Crippen molar-refractivity contribution < 1.29 is 4.79 Å². The van der Waals surface area contributed by atoms with E-state index < -0.39 is 6.17 Å². The number of H-pyrrole nitrogens is 1. The molecule has 9 heteroatoms. The summed E-state index contributed by atoms with van der Waals surface area (Å²) in [6, 6.07) is 13.3. The van der Waals surface area contributed by atoms with Crippen LogP contribution in [0.25, 0.3) is 10.9 Å². The van der Waals surface area contributed by atoms with Gasteiger partial charge in [-0.2, -0.15) is 0 Å².